The largest absolute Gasteiger partial charge is 0.389 e. The van der Waals surface area contributed by atoms with Gasteiger partial charge < -0.3 is 5.32 Å². The zero-order valence-corrected chi connectivity index (χ0v) is 4.28. The summed E-state index contributed by atoms with van der Waals surface area (Å²) < 4.78 is 0. The summed E-state index contributed by atoms with van der Waals surface area (Å²) in [5.41, 5.74) is 1.24. The van der Waals surface area contributed by atoms with E-state index in [1.807, 2.05) is 20.0 Å². The molecular formula is C5H10N. The maximum atomic E-state index is 3.40. The van der Waals surface area contributed by atoms with Crippen LogP contribution in [0.15, 0.2) is 11.8 Å². The van der Waals surface area contributed by atoms with Gasteiger partial charge in [0.2, 0.25) is 0 Å². The molecule has 0 bridgehead atoms. The highest BCUT2D eigenvalue weighted by Gasteiger charge is 1.65. The van der Waals surface area contributed by atoms with Crippen molar-refractivity contribution >= 4 is 0 Å². The molecule has 0 aromatic carbocycles. The van der Waals surface area contributed by atoms with Crippen LogP contribution >= 0.6 is 0 Å². The summed E-state index contributed by atoms with van der Waals surface area (Å²) in [5.74, 6) is 0. The van der Waals surface area contributed by atoms with E-state index < -0.39 is 0 Å². The molecular weight excluding hydrogens is 74.1 g/mol. The second-order valence-corrected chi connectivity index (χ2v) is 1.43. The summed E-state index contributed by atoms with van der Waals surface area (Å²) in [6.45, 7) is 4.02. The molecule has 0 heterocycles. The lowest BCUT2D eigenvalue weighted by Crippen LogP contribution is -1.87. The van der Waals surface area contributed by atoms with E-state index in [0.29, 0.717) is 0 Å². The minimum absolute atomic E-state index is 1.24. The van der Waals surface area contributed by atoms with E-state index >= 15 is 0 Å². The second kappa shape index (κ2) is 2.76. The predicted molar refractivity (Wildman–Crippen MR) is 27.9 cm³/mol. The van der Waals surface area contributed by atoms with E-state index in [2.05, 4.69) is 12.4 Å². The van der Waals surface area contributed by atoms with E-state index in [1.54, 1.807) is 0 Å². The molecule has 0 unspecified atom stereocenters. The van der Waals surface area contributed by atoms with Crippen molar-refractivity contribution < 1.29 is 0 Å². The van der Waals surface area contributed by atoms with Crippen LogP contribution in [0.25, 0.3) is 0 Å². The number of allylic oxidation sites excluding steroid dienone is 1. The van der Waals surface area contributed by atoms with Gasteiger partial charge in [-0.15, -0.1) is 0 Å². The SMILES string of the molecule is [CH2]NC=C(C)C. The topological polar surface area (TPSA) is 12.0 Å². The summed E-state index contributed by atoms with van der Waals surface area (Å²) in [7, 11) is 3.40. The minimum Gasteiger partial charge on any atom is -0.389 e. The average Bonchev–Trinajstić information content (AvgIpc) is 1.35. The van der Waals surface area contributed by atoms with E-state index in [9.17, 15) is 0 Å². The summed E-state index contributed by atoms with van der Waals surface area (Å²) >= 11 is 0. The van der Waals surface area contributed by atoms with Crippen LogP contribution in [-0.4, -0.2) is 0 Å². The van der Waals surface area contributed by atoms with E-state index in [4.69, 9.17) is 0 Å². The molecule has 6 heavy (non-hydrogen) atoms. The van der Waals surface area contributed by atoms with Crippen molar-refractivity contribution in [2.24, 2.45) is 0 Å². The Bertz CT molecular complexity index is 51.0. The number of hydrogen-bond donors (Lipinski definition) is 1. The Morgan fingerprint density at radius 3 is 2.17 bits per heavy atom. The molecule has 0 aliphatic carbocycles. The van der Waals surface area contributed by atoms with Gasteiger partial charge >= 0.3 is 0 Å². The summed E-state index contributed by atoms with van der Waals surface area (Å²) in [6.07, 6.45) is 1.85. The maximum Gasteiger partial charge on any atom is 0.0314 e. The van der Waals surface area contributed by atoms with Crippen LogP contribution in [0, 0.1) is 7.05 Å². The molecule has 0 aromatic rings. The van der Waals surface area contributed by atoms with E-state index in [0.717, 1.165) is 0 Å². The van der Waals surface area contributed by atoms with Crippen LogP contribution < -0.4 is 5.32 Å². The highest BCUT2D eigenvalue weighted by Crippen LogP contribution is 1.81. The Morgan fingerprint density at radius 1 is 1.67 bits per heavy atom. The first kappa shape index (κ1) is 5.54. The third-order valence-corrected chi connectivity index (χ3v) is 0.391. The van der Waals surface area contributed by atoms with Crippen LogP contribution in [0.5, 0.6) is 0 Å². The fourth-order valence-corrected chi connectivity index (χ4v) is 0.204. The first-order valence-electron chi connectivity index (χ1n) is 1.93. The lowest BCUT2D eigenvalue weighted by Gasteiger charge is -1.84. The molecule has 35 valence electrons. The zero-order chi connectivity index (χ0) is 4.99. The monoisotopic (exact) mass is 84.1 g/mol. The fraction of sp³-hybridized carbons (Fsp3) is 0.400. The molecule has 1 heteroatoms. The summed E-state index contributed by atoms with van der Waals surface area (Å²) in [5, 5.41) is 2.66. The quantitative estimate of drug-likeness (QED) is 0.504. The summed E-state index contributed by atoms with van der Waals surface area (Å²) in [6, 6.07) is 0. The Hall–Kier alpha value is -0.460. The van der Waals surface area contributed by atoms with Gasteiger partial charge in [-0.1, -0.05) is 5.57 Å². The third kappa shape index (κ3) is 3.54. The van der Waals surface area contributed by atoms with Crippen molar-refractivity contribution in [3.63, 3.8) is 0 Å². The van der Waals surface area contributed by atoms with Crippen molar-refractivity contribution in [2.45, 2.75) is 13.8 Å². The van der Waals surface area contributed by atoms with Gasteiger partial charge in [0.25, 0.3) is 0 Å². The molecule has 0 amide bonds. The van der Waals surface area contributed by atoms with Crippen molar-refractivity contribution in [1.82, 2.24) is 5.32 Å². The first-order valence-corrected chi connectivity index (χ1v) is 1.93. The fourth-order valence-electron chi connectivity index (χ4n) is 0.204. The number of nitrogens with one attached hydrogen (secondary N) is 1. The maximum absolute atomic E-state index is 3.40. The molecule has 1 radical (unpaired) electrons. The number of rotatable bonds is 1. The molecule has 0 aromatic heterocycles. The smallest absolute Gasteiger partial charge is 0.0314 e. The average molecular weight is 84.1 g/mol. The second-order valence-electron chi connectivity index (χ2n) is 1.43. The lowest BCUT2D eigenvalue weighted by atomic mass is 10.4. The van der Waals surface area contributed by atoms with Gasteiger partial charge in [-0.3, -0.25) is 0 Å². The van der Waals surface area contributed by atoms with Crippen molar-refractivity contribution in [3.05, 3.63) is 18.8 Å². The van der Waals surface area contributed by atoms with Crippen LogP contribution in [-0.2, 0) is 0 Å². The van der Waals surface area contributed by atoms with Gasteiger partial charge in [0.1, 0.15) is 0 Å². The molecule has 0 fully saturated rings. The predicted octanol–water partition coefficient (Wildman–Crippen LogP) is 1.29. The lowest BCUT2D eigenvalue weighted by molar-refractivity contribution is 1.14. The molecule has 0 rings (SSSR count). The van der Waals surface area contributed by atoms with E-state index in [-0.39, 0.29) is 0 Å². The van der Waals surface area contributed by atoms with Crippen LogP contribution in [0.4, 0.5) is 0 Å². The van der Waals surface area contributed by atoms with Gasteiger partial charge in [-0.05, 0) is 20.0 Å². The Balaban J connectivity index is 3.14. The number of hydrogen-bond acceptors (Lipinski definition) is 1. The van der Waals surface area contributed by atoms with Crippen LogP contribution in [0.2, 0.25) is 0 Å². The van der Waals surface area contributed by atoms with Gasteiger partial charge in [-0.2, -0.15) is 0 Å². The normalized spacial score (nSPS) is 7.17. The summed E-state index contributed by atoms with van der Waals surface area (Å²) in [4.78, 5) is 0. The van der Waals surface area contributed by atoms with Crippen molar-refractivity contribution in [1.29, 1.82) is 0 Å². The Morgan fingerprint density at radius 2 is 2.17 bits per heavy atom. The molecule has 0 saturated heterocycles. The van der Waals surface area contributed by atoms with Crippen molar-refractivity contribution in [2.75, 3.05) is 0 Å². The molecule has 0 aliphatic rings. The Labute approximate surface area is 39.1 Å². The molecule has 0 spiro atoms. The van der Waals surface area contributed by atoms with Gasteiger partial charge in [0, 0.05) is 7.05 Å². The standard InChI is InChI=1S/C5H10N/c1-5(2)4-6-3/h4,6H,3H2,1-2H3. The van der Waals surface area contributed by atoms with E-state index in [1.165, 1.54) is 5.57 Å². The van der Waals surface area contributed by atoms with Gasteiger partial charge in [0.05, 0.1) is 0 Å². The van der Waals surface area contributed by atoms with Gasteiger partial charge in [-0.25, -0.2) is 0 Å². The Kier molecular flexibility index (Phi) is 2.55. The van der Waals surface area contributed by atoms with Crippen molar-refractivity contribution in [3.8, 4) is 0 Å². The van der Waals surface area contributed by atoms with Crippen LogP contribution in [0.3, 0.4) is 0 Å². The minimum atomic E-state index is 1.24. The van der Waals surface area contributed by atoms with Gasteiger partial charge in [0.15, 0.2) is 0 Å². The molecule has 0 atom stereocenters. The highest BCUT2D eigenvalue weighted by molar-refractivity contribution is 4.90. The molecule has 1 N–H and O–H groups in total. The molecule has 0 aliphatic heterocycles. The molecule has 0 saturated carbocycles. The van der Waals surface area contributed by atoms with Crippen LogP contribution in [0.1, 0.15) is 13.8 Å². The zero-order valence-electron chi connectivity index (χ0n) is 4.28. The molecule has 1 nitrogen and oxygen atoms in total. The first-order chi connectivity index (χ1) is 2.77. The highest BCUT2D eigenvalue weighted by atomic mass is 14.8. The third-order valence-electron chi connectivity index (χ3n) is 0.391.